The third kappa shape index (κ3) is 4.38. The number of nitrogen functional groups attached to an aromatic ring is 1. The largest absolute Gasteiger partial charge is 0.385 e. The normalized spacial score (nSPS) is 22.9. The first-order valence-electron chi connectivity index (χ1n) is 10.5. The molecule has 1 aromatic rings. The van der Waals surface area contributed by atoms with E-state index in [2.05, 4.69) is 4.98 Å². The lowest BCUT2D eigenvalue weighted by Gasteiger charge is -2.33. The molecule has 2 atom stereocenters. The Morgan fingerprint density at radius 1 is 1.39 bits per heavy atom. The van der Waals surface area contributed by atoms with Gasteiger partial charge in [-0.2, -0.15) is 0 Å². The maximum absolute atomic E-state index is 13.7. The summed E-state index contributed by atoms with van der Waals surface area (Å²) in [6, 6.07) is -0.683. The zero-order valence-corrected chi connectivity index (χ0v) is 19.3. The number of thioether (sulfide) groups is 1. The van der Waals surface area contributed by atoms with E-state index < -0.39 is 22.2 Å². The number of carbonyl (C=O) groups is 2. The third-order valence-electron chi connectivity index (χ3n) is 5.76. The van der Waals surface area contributed by atoms with E-state index in [4.69, 9.17) is 10.5 Å². The molecule has 2 fully saturated rings. The van der Waals surface area contributed by atoms with Crippen molar-refractivity contribution in [1.29, 1.82) is 0 Å². The average molecular weight is 454 g/mol. The van der Waals surface area contributed by atoms with E-state index >= 15 is 0 Å². The molecule has 3 rings (SSSR count). The van der Waals surface area contributed by atoms with Gasteiger partial charge in [-0.05, 0) is 25.7 Å². The van der Waals surface area contributed by atoms with Crippen molar-refractivity contribution in [3.8, 4) is 0 Å². The molecule has 3 N–H and O–H groups in total. The molecule has 2 aliphatic heterocycles. The van der Waals surface area contributed by atoms with Gasteiger partial charge in [-0.15, -0.1) is 11.8 Å². The van der Waals surface area contributed by atoms with Gasteiger partial charge in [0.05, 0.1) is 4.87 Å². The number of anilines is 2. The minimum Gasteiger partial charge on any atom is -0.385 e. The molecule has 172 valence electrons. The lowest BCUT2D eigenvalue weighted by atomic mass is 10.1. The zero-order valence-electron chi connectivity index (χ0n) is 18.5. The molecule has 0 bridgehead atoms. The monoisotopic (exact) mass is 453 g/mol. The fourth-order valence-electron chi connectivity index (χ4n) is 4.27. The van der Waals surface area contributed by atoms with Gasteiger partial charge in [0.15, 0.2) is 5.69 Å². The van der Waals surface area contributed by atoms with Crippen molar-refractivity contribution < 1.29 is 14.3 Å². The summed E-state index contributed by atoms with van der Waals surface area (Å²) in [6.45, 7) is 6.68. The second kappa shape index (κ2) is 9.07. The minimum absolute atomic E-state index is 0.0469. The number of nitrogens with zero attached hydrogens (tertiary/aromatic N) is 3. The number of hydrogen-bond donors (Lipinski definition) is 2. The molecule has 0 unspecified atom stereocenters. The van der Waals surface area contributed by atoms with Crippen molar-refractivity contribution in [3.05, 3.63) is 20.8 Å². The molecule has 31 heavy (non-hydrogen) atoms. The van der Waals surface area contributed by atoms with Crippen LogP contribution < -0.4 is 21.9 Å². The Kier molecular flexibility index (Phi) is 6.85. The fraction of sp³-hybridized carbons (Fsp3) is 0.700. The van der Waals surface area contributed by atoms with Crippen LogP contribution in [-0.4, -0.2) is 63.2 Å². The van der Waals surface area contributed by atoms with E-state index in [1.54, 1.807) is 23.8 Å². The van der Waals surface area contributed by atoms with Crippen molar-refractivity contribution in [3.63, 3.8) is 0 Å². The van der Waals surface area contributed by atoms with Gasteiger partial charge in [0.25, 0.3) is 11.5 Å². The Hall–Kier alpha value is -2.27. The van der Waals surface area contributed by atoms with Crippen LogP contribution in [0.4, 0.5) is 11.5 Å². The summed E-state index contributed by atoms with van der Waals surface area (Å²) in [7, 11) is 1.55. The van der Waals surface area contributed by atoms with E-state index in [-0.39, 0.29) is 35.8 Å². The molecule has 0 spiro atoms. The molecular weight excluding hydrogens is 422 g/mol. The lowest BCUT2D eigenvalue weighted by Crippen LogP contribution is -2.53. The van der Waals surface area contributed by atoms with Crippen LogP contribution in [0.1, 0.15) is 40.0 Å². The summed E-state index contributed by atoms with van der Waals surface area (Å²) in [5, 5.41) is 0. The lowest BCUT2D eigenvalue weighted by molar-refractivity contribution is -0.136. The SMILES string of the molecule is COCCCN(C(=O)[C@H]1CS[C@@]2(C)CCC(=O)N12)c1c(N)n(CC(C)C)c(=O)[nH]c1=O. The predicted octanol–water partition coefficient (Wildman–Crippen LogP) is 0.598. The van der Waals surface area contributed by atoms with Gasteiger partial charge in [0, 0.05) is 39.0 Å². The molecule has 3 heterocycles. The topological polar surface area (TPSA) is 131 Å². The van der Waals surface area contributed by atoms with Crippen LogP contribution in [0.15, 0.2) is 9.59 Å². The Morgan fingerprint density at radius 2 is 2.10 bits per heavy atom. The number of methoxy groups -OCH3 is 1. The number of nitrogens with one attached hydrogen (secondary N) is 1. The highest BCUT2D eigenvalue weighted by Crippen LogP contribution is 2.47. The van der Waals surface area contributed by atoms with E-state index in [0.29, 0.717) is 38.2 Å². The van der Waals surface area contributed by atoms with Crippen molar-refractivity contribution in [2.75, 3.05) is 36.6 Å². The van der Waals surface area contributed by atoms with Crippen LogP contribution in [0.3, 0.4) is 0 Å². The maximum Gasteiger partial charge on any atom is 0.330 e. The molecule has 0 aromatic carbocycles. The molecule has 0 saturated carbocycles. The Morgan fingerprint density at radius 3 is 2.74 bits per heavy atom. The second-order valence-corrected chi connectivity index (χ2v) is 10.1. The van der Waals surface area contributed by atoms with Crippen LogP contribution >= 0.6 is 11.8 Å². The predicted molar refractivity (Wildman–Crippen MR) is 120 cm³/mol. The van der Waals surface area contributed by atoms with Crippen LogP contribution in [0.2, 0.25) is 0 Å². The highest BCUT2D eigenvalue weighted by molar-refractivity contribution is 8.01. The number of aromatic amines is 1. The Balaban J connectivity index is 2.04. The number of H-pyrrole nitrogens is 1. The van der Waals surface area contributed by atoms with Crippen molar-refractivity contribution in [2.24, 2.45) is 5.92 Å². The van der Waals surface area contributed by atoms with Gasteiger partial charge < -0.3 is 20.3 Å². The molecule has 0 aliphatic carbocycles. The number of aromatic nitrogens is 2. The quantitative estimate of drug-likeness (QED) is 0.551. The van der Waals surface area contributed by atoms with Crippen LogP contribution in [0.5, 0.6) is 0 Å². The average Bonchev–Trinajstić information content (AvgIpc) is 3.19. The number of ether oxygens (including phenoxy) is 1. The van der Waals surface area contributed by atoms with E-state index in [0.717, 1.165) is 0 Å². The smallest absolute Gasteiger partial charge is 0.330 e. The highest BCUT2D eigenvalue weighted by atomic mass is 32.2. The van der Waals surface area contributed by atoms with E-state index in [1.165, 1.54) is 9.47 Å². The van der Waals surface area contributed by atoms with Gasteiger partial charge in [0.2, 0.25) is 5.91 Å². The Labute approximate surface area is 185 Å². The minimum atomic E-state index is -0.713. The maximum atomic E-state index is 13.7. The highest BCUT2D eigenvalue weighted by Gasteiger charge is 2.54. The first-order valence-corrected chi connectivity index (χ1v) is 11.5. The number of carbonyl (C=O) groups excluding carboxylic acids is 2. The molecule has 2 saturated heterocycles. The van der Waals surface area contributed by atoms with Gasteiger partial charge in [-0.1, -0.05) is 13.8 Å². The van der Waals surface area contributed by atoms with E-state index in [1.807, 2.05) is 20.8 Å². The molecule has 10 nitrogen and oxygen atoms in total. The third-order valence-corrected chi connectivity index (χ3v) is 7.26. The summed E-state index contributed by atoms with van der Waals surface area (Å²) in [4.78, 5) is 56.2. The van der Waals surface area contributed by atoms with Gasteiger partial charge in [-0.3, -0.25) is 23.9 Å². The summed E-state index contributed by atoms with van der Waals surface area (Å²) in [6.07, 6.45) is 1.56. The molecule has 2 amide bonds. The summed E-state index contributed by atoms with van der Waals surface area (Å²) in [5.41, 5.74) is 4.90. The van der Waals surface area contributed by atoms with Gasteiger partial charge in [-0.25, -0.2) is 4.79 Å². The van der Waals surface area contributed by atoms with Crippen molar-refractivity contribution in [2.45, 2.75) is 57.5 Å². The van der Waals surface area contributed by atoms with Crippen LogP contribution in [0.25, 0.3) is 0 Å². The van der Waals surface area contributed by atoms with Crippen molar-refractivity contribution >= 4 is 35.1 Å². The summed E-state index contributed by atoms with van der Waals surface area (Å²) >= 11 is 1.58. The van der Waals surface area contributed by atoms with Gasteiger partial charge in [0.1, 0.15) is 11.9 Å². The number of amides is 2. The molecule has 11 heteroatoms. The summed E-state index contributed by atoms with van der Waals surface area (Å²) < 4.78 is 6.40. The van der Waals surface area contributed by atoms with Crippen LogP contribution in [0, 0.1) is 5.92 Å². The summed E-state index contributed by atoms with van der Waals surface area (Å²) in [5.74, 6) is 0.0782. The number of rotatable bonds is 8. The van der Waals surface area contributed by atoms with Crippen LogP contribution in [-0.2, 0) is 20.9 Å². The molecular formula is C20H31N5O5S. The number of hydrogen-bond acceptors (Lipinski definition) is 7. The standard InChI is InChI=1S/C20H31N5O5S/c1-12(2)10-24-16(21)15(17(27)22-19(24)29)23(8-5-9-30-4)18(28)13-11-31-20(3)7-6-14(26)25(13)20/h12-13H,5-11,21H2,1-4H3,(H,22,27,29)/t13-,20+/m1/s1. The van der Waals surface area contributed by atoms with Crippen molar-refractivity contribution in [1.82, 2.24) is 14.5 Å². The second-order valence-electron chi connectivity index (χ2n) is 8.60. The number of fused-ring (bicyclic) bond motifs is 1. The molecule has 0 radical (unpaired) electrons. The Bertz CT molecular complexity index is 974. The van der Waals surface area contributed by atoms with Gasteiger partial charge >= 0.3 is 5.69 Å². The first-order chi connectivity index (χ1) is 14.6. The zero-order chi connectivity index (χ0) is 22.9. The molecule has 1 aromatic heterocycles. The number of nitrogens with two attached hydrogens (primary N) is 1. The molecule has 2 aliphatic rings. The van der Waals surface area contributed by atoms with E-state index in [9.17, 15) is 19.2 Å². The first kappa shape index (κ1) is 23.4. The fourth-order valence-corrected chi connectivity index (χ4v) is 5.69.